The van der Waals surface area contributed by atoms with E-state index in [0.29, 0.717) is 12.5 Å². The topological polar surface area (TPSA) is 47.3 Å². The van der Waals surface area contributed by atoms with Crippen molar-refractivity contribution in [3.8, 4) is 5.88 Å². The summed E-state index contributed by atoms with van der Waals surface area (Å²) in [5.41, 5.74) is 1.08. The van der Waals surface area contributed by atoms with Crippen molar-refractivity contribution in [2.75, 3.05) is 6.61 Å². The van der Waals surface area contributed by atoms with E-state index in [-0.39, 0.29) is 0 Å². The molecule has 2 aromatic heterocycles. The highest BCUT2D eigenvalue weighted by atomic mass is 16.5. The van der Waals surface area contributed by atoms with Gasteiger partial charge >= 0.3 is 0 Å². The third-order valence-corrected chi connectivity index (χ3v) is 4.06. The smallest absolute Gasteiger partial charge is 0.217 e. The summed E-state index contributed by atoms with van der Waals surface area (Å²) < 4.78 is 11.6. The maximum atomic E-state index is 5.90. The Kier molecular flexibility index (Phi) is 4.78. The first kappa shape index (κ1) is 15.1. The second kappa shape index (κ2) is 6.97. The average Bonchev–Trinajstić information content (AvgIpc) is 3.08. The maximum Gasteiger partial charge on any atom is 0.217 e. The normalized spacial score (nSPS) is 20.1. The molecular formula is C18H24N2O2. The Labute approximate surface area is 131 Å². The first-order valence-corrected chi connectivity index (χ1v) is 8.14. The zero-order valence-corrected chi connectivity index (χ0v) is 13.3. The molecular weight excluding hydrogens is 276 g/mol. The predicted octanol–water partition coefficient (Wildman–Crippen LogP) is 3.88. The Morgan fingerprint density at radius 2 is 2.18 bits per heavy atom. The van der Waals surface area contributed by atoms with Crippen LogP contribution in [0.2, 0.25) is 0 Å². The molecule has 2 heterocycles. The fraction of sp³-hybridized carbons (Fsp3) is 0.500. The largest absolute Gasteiger partial charge is 0.477 e. The molecule has 1 aliphatic rings. The molecule has 1 N–H and O–H groups in total. The third kappa shape index (κ3) is 3.69. The number of rotatable bonds is 8. The van der Waals surface area contributed by atoms with Crippen LogP contribution in [0.3, 0.4) is 0 Å². The van der Waals surface area contributed by atoms with E-state index in [1.54, 1.807) is 6.20 Å². The van der Waals surface area contributed by atoms with Gasteiger partial charge in [-0.1, -0.05) is 19.9 Å². The third-order valence-electron chi connectivity index (χ3n) is 4.06. The van der Waals surface area contributed by atoms with E-state index in [2.05, 4.69) is 36.3 Å². The lowest BCUT2D eigenvalue weighted by molar-refractivity contribution is 0.300. The standard InChI is InChI=1S/C18H24N2O2/c1-3-9-21-18-14(5-4-8-20-18)11-19-12-15-6-7-17(22-15)16-10-13(16)2/h4-8,13,16,19H,3,9-12H2,1-2H3. The molecule has 1 saturated carbocycles. The summed E-state index contributed by atoms with van der Waals surface area (Å²) in [4.78, 5) is 4.30. The highest BCUT2D eigenvalue weighted by Crippen LogP contribution is 2.47. The molecule has 4 heteroatoms. The molecule has 2 aromatic rings. The minimum atomic E-state index is 0.640. The molecule has 1 aliphatic carbocycles. The molecule has 2 atom stereocenters. The van der Waals surface area contributed by atoms with Crippen molar-refractivity contribution in [3.05, 3.63) is 47.5 Å². The van der Waals surface area contributed by atoms with Gasteiger partial charge in [-0.25, -0.2) is 4.98 Å². The van der Waals surface area contributed by atoms with Crippen molar-refractivity contribution < 1.29 is 9.15 Å². The fourth-order valence-corrected chi connectivity index (χ4v) is 2.62. The predicted molar refractivity (Wildman–Crippen MR) is 85.8 cm³/mol. The second-order valence-electron chi connectivity index (χ2n) is 6.04. The highest BCUT2D eigenvalue weighted by molar-refractivity contribution is 5.25. The van der Waals surface area contributed by atoms with E-state index in [9.17, 15) is 0 Å². The quantitative estimate of drug-likeness (QED) is 0.804. The number of nitrogens with zero attached hydrogens (tertiary/aromatic N) is 1. The number of hydrogen-bond acceptors (Lipinski definition) is 4. The van der Waals surface area contributed by atoms with Gasteiger partial charge in [0.05, 0.1) is 13.2 Å². The average molecular weight is 300 g/mol. The molecule has 0 bridgehead atoms. The zero-order valence-electron chi connectivity index (χ0n) is 13.3. The summed E-state index contributed by atoms with van der Waals surface area (Å²) >= 11 is 0. The lowest BCUT2D eigenvalue weighted by Crippen LogP contribution is -2.14. The van der Waals surface area contributed by atoms with Crippen LogP contribution in [0, 0.1) is 5.92 Å². The summed E-state index contributed by atoms with van der Waals surface area (Å²) in [7, 11) is 0. The number of aromatic nitrogens is 1. The second-order valence-corrected chi connectivity index (χ2v) is 6.04. The molecule has 4 nitrogen and oxygen atoms in total. The van der Waals surface area contributed by atoms with Crippen LogP contribution in [0.25, 0.3) is 0 Å². The van der Waals surface area contributed by atoms with E-state index < -0.39 is 0 Å². The molecule has 0 amide bonds. The summed E-state index contributed by atoms with van der Waals surface area (Å²) in [6.07, 6.45) is 4.01. The van der Waals surface area contributed by atoms with Gasteiger partial charge in [0, 0.05) is 24.2 Å². The molecule has 3 rings (SSSR count). The van der Waals surface area contributed by atoms with Crippen LogP contribution in [0.15, 0.2) is 34.9 Å². The van der Waals surface area contributed by atoms with Gasteiger partial charge in [-0.15, -0.1) is 0 Å². The number of ether oxygens (including phenoxy) is 1. The minimum absolute atomic E-state index is 0.640. The number of nitrogens with one attached hydrogen (secondary N) is 1. The molecule has 0 saturated heterocycles. The van der Waals surface area contributed by atoms with Crippen molar-refractivity contribution in [1.82, 2.24) is 10.3 Å². The van der Waals surface area contributed by atoms with E-state index in [4.69, 9.17) is 9.15 Å². The molecule has 0 spiro atoms. The van der Waals surface area contributed by atoms with Gasteiger partial charge < -0.3 is 14.5 Å². The molecule has 118 valence electrons. The monoisotopic (exact) mass is 300 g/mol. The first-order valence-electron chi connectivity index (χ1n) is 8.14. The Balaban J connectivity index is 1.51. The lowest BCUT2D eigenvalue weighted by atomic mass is 10.2. The van der Waals surface area contributed by atoms with Crippen LogP contribution in [0.5, 0.6) is 5.88 Å². The van der Waals surface area contributed by atoms with Gasteiger partial charge in [0.15, 0.2) is 0 Å². The van der Waals surface area contributed by atoms with Crippen LogP contribution in [-0.2, 0) is 13.1 Å². The van der Waals surface area contributed by atoms with Crippen molar-refractivity contribution in [2.24, 2.45) is 5.92 Å². The highest BCUT2D eigenvalue weighted by Gasteiger charge is 2.36. The molecule has 1 fully saturated rings. The van der Waals surface area contributed by atoms with Crippen molar-refractivity contribution in [3.63, 3.8) is 0 Å². The zero-order chi connectivity index (χ0) is 15.4. The van der Waals surface area contributed by atoms with E-state index in [1.165, 1.54) is 6.42 Å². The van der Waals surface area contributed by atoms with Crippen molar-refractivity contribution in [2.45, 2.75) is 45.7 Å². The van der Waals surface area contributed by atoms with Gasteiger partial charge in [0.1, 0.15) is 11.5 Å². The van der Waals surface area contributed by atoms with Crippen LogP contribution in [0.4, 0.5) is 0 Å². The number of furan rings is 1. The maximum absolute atomic E-state index is 5.90. The van der Waals surface area contributed by atoms with Gasteiger partial charge in [-0.05, 0) is 37.0 Å². The number of hydrogen-bond donors (Lipinski definition) is 1. The Bertz CT molecular complexity index is 609. The van der Waals surface area contributed by atoms with Gasteiger partial charge in [-0.3, -0.25) is 0 Å². The fourth-order valence-electron chi connectivity index (χ4n) is 2.62. The van der Waals surface area contributed by atoms with Crippen molar-refractivity contribution >= 4 is 0 Å². The van der Waals surface area contributed by atoms with Gasteiger partial charge in [-0.2, -0.15) is 0 Å². The van der Waals surface area contributed by atoms with Crippen LogP contribution in [0.1, 0.15) is 49.7 Å². The lowest BCUT2D eigenvalue weighted by Gasteiger charge is -2.09. The van der Waals surface area contributed by atoms with Crippen LogP contribution >= 0.6 is 0 Å². The summed E-state index contributed by atoms with van der Waals surface area (Å²) in [6, 6.07) is 8.18. The van der Waals surface area contributed by atoms with Crippen LogP contribution < -0.4 is 10.1 Å². The molecule has 0 aromatic carbocycles. The van der Waals surface area contributed by atoms with Gasteiger partial charge in [0.2, 0.25) is 5.88 Å². The Morgan fingerprint density at radius 1 is 1.32 bits per heavy atom. The van der Waals surface area contributed by atoms with Crippen molar-refractivity contribution in [1.29, 1.82) is 0 Å². The van der Waals surface area contributed by atoms with E-state index >= 15 is 0 Å². The number of pyridine rings is 1. The first-order chi connectivity index (χ1) is 10.8. The van der Waals surface area contributed by atoms with E-state index in [1.807, 2.05) is 12.1 Å². The summed E-state index contributed by atoms with van der Waals surface area (Å²) in [5.74, 6) is 4.28. The minimum Gasteiger partial charge on any atom is -0.477 e. The summed E-state index contributed by atoms with van der Waals surface area (Å²) in [6.45, 7) is 6.51. The molecule has 0 radical (unpaired) electrons. The van der Waals surface area contributed by atoms with Crippen LogP contribution in [-0.4, -0.2) is 11.6 Å². The molecule has 2 unspecified atom stereocenters. The van der Waals surface area contributed by atoms with Gasteiger partial charge in [0.25, 0.3) is 0 Å². The molecule has 0 aliphatic heterocycles. The Hall–Kier alpha value is -1.81. The summed E-state index contributed by atoms with van der Waals surface area (Å²) in [5, 5.41) is 3.40. The SMILES string of the molecule is CCCOc1ncccc1CNCc1ccc(C2CC2C)o1. The van der Waals surface area contributed by atoms with E-state index in [0.717, 1.165) is 48.4 Å². The Morgan fingerprint density at radius 3 is 2.95 bits per heavy atom. The molecule has 22 heavy (non-hydrogen) atoms.